The van der Waals surface area contributed by atoms with Crippen LogP contribution in [0.25, 0.3) is 11.0 Å². The van der Waals surface area contributed by atoms with E-state index in [9.17, 15) is 14.4 Å². The molecule has 1 saturated carbocycles. The number of nitrogens with zero attached hydrogens (tertiary/aromatic N) is 2. The zero-order valence-electron chi connectivity index (χ0n) is 31.9. The van der Waals surface area contributed by atoms with E-state index in [1.54, 1.807) is 46.2 Å². The lowest BCUT2D eigenvalue weighted by molar-refractivity contribution is -0.136. The number of aryl methyl sites for hydroxylation is 1. The van der Waals surface area contributed by atoms with Crippen molar-refractivity contribution in [3.63, 3.8) is 0 Å². The normalized spacial score (nSPS) is 15.5. The second-order valence-corrected chi connectivity index (χ2v) is 19.9. The van der Waals surface area contributed by atoms with Crippen molar-refractivity contribution in [1.29, 1.82) is 0 Å². The summed E-state index contributed by atoms with van der Waals surface area (Å²) >= 11 is 0. The molecule has 288 valence electrons. The predicted molar refractivity (Wildman–Crippen MR) is 203 cm³/mol. The van der Waals surface area contributed by atoms with E-state index in [0.29, 0.717) is 56.3 Å². The summed E-state index contributed by atoms with van der Waals surface area (Å²) in [5, 5.41) is 9.22. The van der Waals surface area contributed by atoms with Crippen LogP contribution >= 0.6 is 10.0 Å². The Labute approximate surface area is 308 Å². The third-order valence-electron chi connectivity index (χ3n) is 8.74. The number of benzene rings is 1. The fourth-order valence-electron chi connectivity index (χ4n) is 6.13. The number of halogens is 1. The molecule has 1 fully saturated rings. The van der Waals surface area contributed by atoms with Crippen molar-refractivity contribution in [3.05, 3.63) is 53.6 Å². The quantitative estimate of drug-likeness (QED) is 0.153. The van der Waals surface area contributed by atoms with Crippen LogP contribution in [0.3, 0.4) is 0 Å². The van der Waals surface area contributed by atoms with Gasteiger partial charge in [0.05, 0.1) is 18.6 Å². The molecule has 1 aliphatic rings. The summed E-state index contributed by atoms with van der Waals surface area (Å²) in [6, 6.07) is 4.94. The molecule has 3 aromatic rings. The average Bonchev–Trinajstić information content (AvgIpc) is 3.39. The van der Waals surface area contributed by atoms with Crippen molar-refractivity contribution in [3.8, 4) is 11.5 Å². The number of methoxy groups -OCH3 is 1. The molecule has 2 aromatic heterocycles. The van der Waals surface area contributed by atoms with Gasteiger partial charge in [0.15, 0.2) is 11.6 Å². The van der Waals surface area contributed by atoms with E-state index in [4.69, 9.17) is 18.9 Å². The molecule has 0 saturated heterocycles. The molecule has 0 aliphatic heterocycles. The molecule has 3 amide bonds. The maximum atomic E-state index is 15.7. The Bertz CT molecular complexity index is 1700. The second-order valence-electron chi connectivity index (χ2n) is 15.3. The van der Waals surface area contributed by atoms with Crippen LogP contribution in [0.5, 0.6) is 11.5 Å². The van der Waals surface area contributed by atoms with Gasteiger partial charge in [0.25, 0.3) is 0 Å². The fourth-order valence-corrected chi connectivity index (χ4v) is 6.74. The highest BCUT2D eigenvalue weighted by Crippen LogP contribution is 2.35. The molecule has 1 aromatic carbocycles. The van der Waals surface area contributed by atoms with Crippen LogP contribution in [0, 0.1) is 12.7 Å². The summed E-state index contributed by atoms with van der Waals surface area (Å²) in [6.07, 6.45) is 12.8. The van der Waals surface area contributed by atoms with Crippen molar-refractivity contribution in [1.82, 2.24) is 25.5 Å². The van der Waals surface area contributed by atoms with E-state index in [1.165, 1.54) is 12.1 Å². The number of hydrogen-bond acceptors (Lipinski definition) is 8. The van der Waals surface area contributed by atoms with Gasteiger partial charge < -0.3 is 39.5 Å². The Morgan fingerprint density at radius 1 is 1.06 bits per heavy atom. The molecule has 3 N–H and O–H groups in total. The van der Waals surface area contributed by atoms with Gasteiger partial charge in [-0.15, -0.1) is 0 Å². The number of aromatic nitrogens is 2. The Hall–Kier alpha value is -3.88. The van der Waals surface area contributed by atoms with E-state index in [1.807, 2.05) is 17.7 Å². The van der Waals surface area contributed by atoms with Gasteiger partial charge >= 0.3 is 6.09 Å². The maximum absolute atomic E-state index is 15.7. The van der Waals surface area contributed by atoms with Crippen molar-refractivity contribution in [2.24, 2.45) is 0 Å². The Morgan fingerprint density at radius 3 is 2.44 bits per heavy atom. The number of rotatable bonds is 16. The van der Waals surface area contributed by atoms with Crippen LogP contribution in [0.1, 0.15) is 64.0 Å². The van der Waals surface area contributed by atoms with Crippen molar-refractivity contribution in [2.75, 3.05) is 51.4 Å². The Morgan fingerprint density at radius 2 is 1.79 bits per heavy atom. The smallest absolute Gasteiger partial charge is 0.408 e. The lowest BCUT2D eigenvalue weighted by Gasteiger charge is -2.37. The number of fused-ring (bicyclic) bond motifs is 1. The van der Waals surface area contributed by atoms with Crippen LogP contribution in [-0.2, 0) is 37.0 Å². The minimum Gasteiger partial charge on any atom is -0.453 e. The van der Waals surface area contributed by atoms with Gasteiger partial charge in [0.1, 0.15) is 35.3 Å². The van der Waals surface area contributed by atoms with Crippen LogP contribution in [0.4, 0.5) is 9.18 Å². The summed E-state index contributed by atoms with van der Waals surface area (Å²) in [7, 11) is 0.873. The lowest BCUT2D eigenvalue weighted by atomic mass is 9.80. The first-order chi connectivity index (χ1) is 24.5. The first-order valence-electron chi connectivity index (χ1n) is 17.7. The molecule has 0 spiro atoms. The second kappa shape index (κ2) is 17.8. The van der Waals surface area contributed by atoms with E-state index in [2.05, 4.69) is 39.7 Å². The average molecular weight is 746 g/mol. The minimum atomic E-state index is -1.17. The summed E-state index contributed by atoms with van der Waals surface area (Å²) in [4.78, 5) is 44.7. The van der Waals surface area contributed by atoms with Gasteiger partial charge in [-0.3, -0.25) is 9.59 Å². The molecule has 12 nitrogen and oxygen atoms in total. The highest BCUT2D eigenvalue weighted by atomic mass is 32.3. The molecule has 52 heavy (non-hydrogen) atoms. The van der Waals surface area contributed by atoms with Gasteiger partial charge in [-0.2, -0.15) is 0 Å². The highest BCUT2D eigenvalue weighted by Gasteiger charge is 2.42. The third kappa shape index (κ3) is 11.6. The molecule has 0 bridgehead atoms. The van der Waals surface area contributed by atoms with Crippen LogP contribution < -0.4 is 20.7 Å². The van der Waals surface area contributed by atoms with Crippen LogP contribution in [-0.4, -0.2) is 96.0 Å². The topological polar surface area (TPSA) is 142 Å². The molecule has 0 radical (unpaired) electrons. The zero-order chi connectivity index (χ0) is 38.1. The fraction of sp³-hybridized carbons (Fsp3) is 0.579. The summed E-state index contributed by atoms with van der Waals surface area (Å²) in [6.45, 7) is 8.69. The first-order valence-corrected chi connectivity index (χ1v) is 20.8. The van der Waals surface area contributed by atoms with E-state index in [-0.39, 0.29) is 18.1 Å². The standard InChI is InChI=1S/C38H56FN5O7S/c1-26-24-44(25-49-20-21-52(6,7)8)33-32(26)31(14-17-40-33)50-30-13-12-27(22-28(30)39)23-29(42-36(47)51-37(2,3)4)34(45)43-38(15-10-9-11-16-38)35(46)41-18-19-48-5/h12-14,17,22,24,29H,9-11,15-16,18-21,23,25H2,1-8H3,(H,41,46)(H,42,47)(H,43,45)/t29-/m0/s1. The van der Waals surface area contributed by atoms with E-state index in [0.717, 1.165) is 36.0 Å². The monoisotopic (exact) mass is 745 g/mol. The van der Waals surface area contributed by atoms with E-state index < -0.39 is 45.0 Å². The van der Waals surface area contributed by atoms with Gasteiger partial charge in [0, 0.05) is 38.2 Å². The molecular weight excluding hydrogens is 690 g/mol. The largest absolute Gasteiger partial charge is 0.453 e. The lowest BCUT2D eigenvalue weighted by Crippen LogP contribution is -2.63. The summed E-state index contributed by atoms with van der Waals surface area (Å²) < 4.78 is 40.2. The number of hydrogen-bond donors (Lipinski definition) is 3. The number of carbonyl (C=O) groups is 3. The van der Waals surface area contributed by atoms with Crippen molar-refractivity contribution >= 4 is 39.0 Å². The highest BCUT2D eigenvalue weighted by molar-refractivity contribution is 8.32. The molecule has 1 aliphatic carbocycles. The number of carbonyl (C=O) groups excluding carboxylic acids is 3. The Balaban J connectivity index is 1.53. The third-order valence-corrected chi connectivity index (χ3v) is 10.1. The molecule has 14 heteroatoms. The molecule has 2 heterocycles. The van der Waals surface area contributed by atoms with Crippen LogP contribution in [0.15, 0.2) is 36.7 Å². The number of alkyl carbamates (subject to hydrolysis) is 1. The van der Waals surface area contributed by atoms with Crippen molar-refractivity contribution < 1.29 is 37.7 Å². The Kier molecular flexibility index (Phi) is 14.0. The first kappa shape index (κ1) is 40.9. The zero-order valence-corrected chi connectivity index (χ0v) is 32.7. The van der Waals surface area contributed by atoms with Gasteiger partial charge in [-0.05, 0) is 88.6 Å². The maximum Gasteiger partial charge on any atom is 0.408 e. The minimum absolute atomic E-state index is 0.0113. The van der Waals surface area contributed by atoms with Gasteiger partial charge in [0.2, 0.25) is 11.8 Å². The summed E-state index contributed by atoms with van der Waals surface area (Å²) in [5.74, 6) is -0.0903. The molecule has 4 rings (SSSR count). The van der Waals surface area contributed by atoms with E-state index >= 15 is 4.39 Å². The molecule has 0 unspecified atom stereocenters. The van der Waals surface area contributed by atoms with Gasteiger partial charge in [-0.25, -0.2) is 24.2 Å². The van der Waals surface area contributed by atoms with Crippen molar-refractivity contribution in [2.45, 2.75) is 90.1 Å². The SMILES string of the molecule is COCCNC(=O)C1(NC(=O)[C@H](Cc2ccc(Oc3ccnc4c3c(C)cn4COCCS(C)(C)C)c(F)c2)NC(=O)OC(C)(C)C)CCCCC1. The number of ether oxygens (including phenoxy) is 4. The van der Waals surface area contributed by atoms with Crippen LogP contribution in [0.2, 0.25) is 0 Å². The predicted octanol–water partition coefficient (Wildman–Crippen LogP) is 5.96. The molecule has 1 atom stereocenters. The summed E-state index contributed by atoms with van der Waals surface area (Å²) in [5.41, 5.74) is 0.0389. The van der Waals surface area contributed by atoms with Gasteiger partial charge in [-0.1, -0.05) is 25.3 Å². The number of nitrogens with one attached hydrogen (secondary N) is 3. The number of pyridine rings is 1. The number of amides is 3. The molecular formula is C38H56FN5O7S.